The van der Waals surface area contributed by atoms with Gasteiger partial charge >= 0.3 is 0 Å². The molecule has 1 amide bonds. The molecule has 30 heavy (non-hydrogen) atoms. The average molecular weight is 423 g/mol. The van der Waals surface area contributed by atoms with Crippen molar-refractivity contribution in [3.05, 3.63) is 87.9 Å². The molecule has 152 valence electrons. The molecule has 7 nitrogen and oxygen atoms in total. The van der Waals surface area contributed by atoms with Gasteiger partial charge in [-0.25, -0.2) is 4.52 Å². The highest BCUT2D eigenvalue weighted by Crippen LogP contribution is 2.23. The average Bonchev–Trinajstić information content (AvgIpc) is 3.21. The van der Waals surface area contributed by atoms with E-state index in [-0.39, 0.29) is 18.0 Å². The van der Waals surface area contributed by atoms with Gasteiger partial charge in [-0.05, 0) is 30.3 Å². The summed E-state index contributed by atoms with van der Waals surface area (Å²) in [5.74, 6) is 0.440. The first-order valence-corrected chi connectivity index (χ1v) is 9.70. The zero-order valence-electron chi connectivity index (χ0n) is 16.2. The van der Waals surface area contributed by atoms with E-state index in [0.717, 1.165) is 11.3 Å². The molecule has 2 aromatic heterocycles. The number of methoxy groups -OCH3 is 1. The first kappa shape index (κ1) is 19.7. The fourth-order valence-electron chi connectivity index (χ4n) is 3.16. The number of hydrogen-bond acceptors (Lipinski definition) is 4. The largest absolute Gasteiger partial charge is 0.497 e. The van der Waals surface area contributed by atoms with E-state index in [1.54, 1.807) is 58.9 Å². The van der Waals surface area contributed by atoms with Crippen LogP contribution in [-0.2, 0) is 6.54 Å². The maximum absolute atomic E-state index is 12.8. The van der Waals surface area contributed by atoms with Gasteiger partial charge < -0.3 is 14.6 Å². The van der Waals surface area contributed by atoms with E-state index < -0.39 is 0 Å². The summed E-state index contributed by atoms with van der Waals surface area (Å²) < 4.78 is 8.35. The molecule has 0 unspecified atom stereocenters. The number of fused-ring (bicyclic) bond motifs is 1. The number of hydrogen-bond donors (Lipinski definition) is 1. The Balaban J connectivity index is 1.51. The molecule has 0 aliphatic rings. The highest BCUT2D eigenvalue weighted by atomic mass is 35.5. The summed E-state index contributed by atoms with van der Waals surface area (Å²) in [4.78, 5) is 25.1. The van der Waals surface area contributed by atoms with E-state index in [4.69, 9.17) is 16.3 Å². The van der Waals surface area contributed by atoms with Crippen LogP contribution in [0, 0.1) is 0 Å². The molecular formula is C22H19ClN4O3. The summed E-state index contributed by atoms with van der Waals surface area (Å²) in [7, 11) is 1.60. The van der Waals surface area contributed by atoms with Crippen LogP contribution in [0.1, 0.15) is 10.4 Å². The molecule has 0 saturated heterocycles. The number of benzene rings is 2. The fourth-order valence-corrected chi connectivity index (χ4v) is 3.38. The summed E-state index contributed by atoms with van der Waals surface area (Å²) in [5.41, 5.74) is 2.20. The Morgan fingerprint density at radius 1 is 1.13 bits per heavy atom. The molecule has 1 N–H and O–H groups in total. The minimum absolute atomic E-state index is 0.189. The van der Waals surface area contributed by atoms with Crippen molar-refractivity contribution in [2.24, 2.45) is 0 Å². The number of ether oxygens (including phenoxy) is 1. The van der Waals surface area contributed by atoms with E-state index in [0.29, 0.717) is 28.3 Å². The first-order chi connectivity index (χ1) is 14.6. The Labute approximate surface area is 177 Å². The third-order valence-corrected chi connectivity index (χ3v) is 5.06. The number of halogens is 1. The second-order valence-electron chi connectivity index (χ2n) is 6.62. The van der Waals surface area contributed by atoms with Crippen LogP contribution in [0.5, 0.6) is 5.75 Å². The van der Waals surface area contributed by atoms with Gasteiger partial charge in [-0.15, -0.1) is 0 Å². The Kier molecular flexibility index (Phi) is 5.54. The van der Waals surface area contributed by atoms with Crippen LogP contribution in [-0.4, -0.2) is 33.7 Å². The Morgan fingerprint density at radius 2 is 1.97 bits per heavy atom. The molecule has 8 heteroatoms. The second-order valence-corrected chi connectivity index (χ2v) is 7.03. The normalized spacial score (nSPS) is 10.9. The molecule has 0 aliphatic heterocycles. The Bertz CT molecular complexity index is 1280. The van der Waals surface area contributed by atoms with Crippen LogP contribution in [0.25, 0.3) is 16.8 Å². The molecule has 2 aromatic carbocycles. The van der Waals surface area contributed by atoms with E-state index in [9.17, 15) is 9.59 Å². The molecule has 0 radical (unpaired) electrons. The highest BCUT2D eigenvalue weighted by Gasteiger charge is 2.11. The van der Waals surface area contributed by atoms with Gasteiger partial charge in [0.05, 0.1) is 23.4 Å². The van der Waals surface area contributed by atoms with E-state index in [1.165, 1.54) is 0 Å². The molecule has 0 spiro atoms. The van der Waals surface area contributed by atoms with Crippen molar-refractivity contribution in [1.29, 1.82) is 0 Å². The van der Waals surface area contributed by atoms with Gasteiger partial charge in [0, 0.05) is 31.0 Å². The Hall–Kier alpha value is -3.58. The van der Waals surface area contributed by atoms with Crippen molar-refractivity contribution < 1.29 is 9.53 Å². The number of carbonyl (C=O) groups is 1. The van der Waals surface area contributed by atoms with Crippen LogP contribution < -0.4 is 15.6 Å². The van der Waals surface area contributed by atoms with Crippen molar-refractivity contribution in [2.75, 3.05) is 13.7 Å². The zero-order chi connectivity index (χ0) is 21.1. The third kappa shape index (κ3) is 3.92. The van der Waals surface area contributed by atoms with Crippen molar-refractivity contribution in [3.8, 4) is 17.0 Å². The predicted octanol–water partition coefficient (Wildman–Crippen LogP) is 3.26. The monoisotopic (exact) mass is 422 g/mol. The van der Waals surface area contributed by atoms with Crippen LogP contribution >= 0.6 is 11.6 Å². The van der Waals surface area contributed by atoms with Crippen molar-refractivity contribution >= 4 is 23.0 Å². The topological polar surface area (TPSA) is 77.6 Å². The first-order valence-electron chi connectivity index (χ1n) is 9.33. The molecule has 0 fully saturated rings. The lowest BCUT2D eigenvalue weighted by Gasteiger charge is -2.08. The highest BCUT2D eigenvalue weighted by molar-refractivity contribution is 6.33. The number of aromatic nitrogens is 3. The minimum Gasteiger partial charge on any atom is -0.497 e. The molecule has 4 rings (SSSR count). The summed E-state index contributed by atoms with van der Waals surface area (Å²) in [5, 5.41) is 7.66. The number of nitrogens with zero attached hydrogens (tertiary/aromatic N) is 3. The lowest BCUT2D eigenvalue weighted by Crippen LogP contribution is -2.31. The fraction of sp³-hybridized carbons (Fsp3) is 0.136. The second kappa shape index (κ2) is 8.42. The third-order valence-electron chi connectivity index (χ3n) is 4.73. The SMILES string of the molecule is COc1cccc(-c2cc3c(=O)n(CCNC(=O)c4ccccc4Cl)ccn3n2)c1. The van der Waals surface area contributed by atoms with Gasteiger partial charge in [0.1, 0.15) is 11.3 Å². The minimum atomic E-state index is -0.278. The van der Waals surface area contributed by atoms with Crippen LogP contribution in [0.15, 0.2) is 71.8 Å². The molecule has 2 heterocycles. The molecule has 0 saturated carbocycles. The maximum atomic E-state index is 12.8. The van der Waals surface area contributed by atoms with Gasteiger partial charge in [0.25, 0.3) is 11.5 Å². The van der Waals surface area contributed by atoms with Crippen LogP contribution in [0.3, 0.4) is 0 Å². The predicted molar refractivity (Wildman–Crippen MR) is 115 cm³/mol. The molecule has 0 atom stereocenters. The summed E-state index contributed by atoms with van der Waals surface area (Å²) in [6.45, 7) is 0.613. The number of amides is 1. The molecular weight excluding hydrogens is 404 g/mol. The number of nitrogens with one attached hydrogen (secondary N) is 1. The smallest absolute Gasteiger partial charge is 0.276 e. The zero-order valence-corrected chi connectivity index (χ0v) is 17.0. The van der Waals surface area contributed by atoms with Crippen molar-refractivity contribution in [2.45, 2.75) is 6.54 Å². The van der Waals surface area contributed by atoms with E-state index in [2.05, 4.69) is 10.4 Å². The van der Waals surface area contributed by atoms with Crippen molar-refractivity contribution in [1.82, 2.24) is 19.5 Å². The standard InChI is InChI=1S/C22H19ClN4O3/c1-30-16-6-4-5-15(13-16)19-14-20-22(29)26(11-12-27(20)25-19)10-9-24-21(28)17-7-2-3-8-18(17)23/h2-8,11-14H,9-10H2,1H3,(H,24,28). The van der Waals surface area contributed by atoms with Crippen molar-refractivity contribution in [3.63, 3.8) is 0 Å². The van der Waals surface area contributed by atoms with E-state index >= 15 is 0 Å². The maximum Gasteiger partial charge on any atom is 0.276 e. The van der Waals surface area contributed by atoms with Crippen LogP contribution in [0.4, 0.5) is 0 Å². The molecule has 4 aromatic rings. The van der Waals surface area contributed by atoms with Gasteiger partial charge in [0.15, 0.2) is 0 Å². The van der Waals surface area contributed by atoms with Gasteiger partial charge in [0.2, 0.25) is 0 Å². The summed E-state index contributed by atoms with van der Waals surface area (Å²) in [6.07, 6.45) is 3.37. The lowest BCUT2D eigenvalue weighted by atomic mass is 10.1. The number of carbonyl (C=O) groups excluding carboxylic acids is 1. The number of rotatable bonds is 6. The summed E-state index contributed by atoms with van der Waals surface area (Å²) in [6, 6.07) is 16.1. The lowest BCUT2D eigenvalue weighted by molar-refractivity contribution is 0.0952. The van der Waals surface area contributed by atoms with Gasteiger partial charge in [-0.1, -0.05) is 35.9 Å². The summed E-state index contributed by atoms with van der Waals surface area (Å²) >= 11 is 6.04. The molecule has 0 aliphatic carbocycles. The van der Waals surface area contributed by atoms with Gasteiger partial charge in [-0.2, -0.15) is 5.10 Å². The van der Waals surface area contributed by atoms with Gasteiger partial charge in [-0.3, -0.25) is 9.59 Å². The van der Waals surface area contributed by atoms with E-state index in [1.807, 2.05) is 24.3 Å². The Morgan fingerprint density at radius 3 is 2.77 bits per heavy atom. The molecule has 0 bridgehead atoms. The quantitative estimate of drug-likeness (QED) is 0.517. The van der Waals surface area contributed by atoms with Crippen LogP contribution in [0.2, 0.25) is 5.02 Å².